The standard InChI is InChI=1S/C20H20N4O6S/c25-19(21-11-15-5-3-9-29-15)13-23-17-7-1-2-8-18(17)24(31(23,27)28)14-20(26)22-12-16-6-4-10-30-16/h1-10H,11-14H2,(H,21,25)(H,22,26). The average Bonchev–Trinajstić information content (AvgIpc) is 3.49. The van der Waals surface area contributed by atoms with Crippen LogP contribution in [0.25, 0.3) is 0 Å². The minimum Gasteiger partial charge on any atom is -0.467 e. The number of rotatable bonds is 8. The summed E-state index contributed by atoms with van der Waals surface area (Å²) in [6.45, 7) is -0.574. The predicted molar refractivity (Wildman–Crippen MR) is 111 cm³/mol. The average molecular weight is 444 g/mol. The summed E-state index contributed by atoms with van der Waals surface area (Å²) in [6, 6.07) is 13.3. The van der Waals surface area contributed by atoms with Crippen LogP contribution in [0, 0.1) is 0 Å². The zero-order valence-corrected chi connectivity index (χ0v) is 17.2. The largest absolute Gasteiger partial charge is 0.467 e. The number of nitrogens with zero attached hydrogens (tertiary/aromatic N) is 2. The molecule has 2 amide bonds. The molecule has 0 saturated carbocycles. The van der Waals surface area contributed by atoms with E-state index in [1.165, 1.54) is 12.5 Å². The molecule has 162 valence electrons. The van der Waals surface area contributed by atoms with Crippen LogP contribution in [0.1, 0.15) is 11.5 Å². The summed E-state index contributed by atoms with van der Waals surface area (Å²) in [5.41, 5.74) is 0.656. The fourth-order valence-electron chi connectivity index (χ4n) is 3.16. The van der Waals surface area contributed by atoms with Gasteiger partial charge in [-0.1, -0.05) is 12.1 Å². The van der Waals surface area contributed by atoms with Gasteiger partial charge in [-0.3, -0.25) is 9.59 Å². The molecule has 1 aliphatic heterocycles. The van der Waals surface area contributed by atoms with E-state index in [9.17, 15) is 18.0 Å². The molecule has 0 bridgehead atoms. The van der Waals surface area contributed by atoms with Crippen molar-refractivity contribution in [1.29, 1.82) is 0 Å². The van der Waals surface area contributed by atoms with Crippen LogP contribution in [0.15, 0.2) is 69.9 Å². The van der Waals surface area contributed by atoms with Crippen molar-refractivity contribution >= 4 is 33.4 Å². The van der Waals surface area contributed by atoms with Crippen molar-refractivity contribution in [3.63, 3.8) is 0 Å². The van der Waals surface area contributed by atoms with E-state index in [0.29, 0.717) is 22.9 Å². The highest BCUT2D eigenvalue weighted by atomic mass is 32.2. The minimum atomic E-state index is -4.12. The van der Waals surface area contributed by atoms with E-state index >= 15 is 0 Å². The Bertz CT molecular complexity index is 1070. The summed E-state index contributed by atoms with van der Waals surface area (Å²) in [4.78, 5) is 24.8. The van der Waals surface area contributed by atoms with Gasteiger partial charge < -0.3 is 19.5 Å². The third-order valence-corrected chi connectivity index (χ3v) is 6.40. The molecule has 10 nitrogen and oxygen atoms in total. The van der Waals surface area contributed by atoms with E-state index in [2.05, 4.69) is 10.6 Å². The highest BCUT2D eigenvalue weighted by Crippen LogP contribution is 2.40. The first-order valence-corrected chi connectivity index (χ1v) is 10.8. The van der Waals surface area contributed by atoms with Crippen LogP contribution < -0.4 is 19.2 Å². The number of hydrogen-bond acceptors (Lipinski definition) is 6. The van der Waals surface area contributed by atoms with Gasteiger partial charge in [-0.05, 0) is 36.4 Å². The van der Waals surface area contributed by atoms with Crippen LogP contribution in [0.4, 0.5) is 11.4 Å². The molecule has 4 rings (SSSR count). The lowest BCUT2D eigenvalue weighted by atomic mass is 10.2. The molecule has 0 fully saturated rings. The molecule has 0 atom stereocenters. The highest BCUT2D eigenvalue weighted by Gasteiger charge is 2.41. The first-order valence-electron chi connectivity index (χ1n) is 9.43. The van der Waals surface area contributed by atoms with Gasteiger partial charge in [-0.25, -0.2) is 8.61 Å². The summed E-state index contributed by atoms with van der Waals surface area (Å²) in [6.07, 6.45) is 2.97. The lowest BCUT2D eigenvalue weighted by Crippen LogP contribution is -2.46. The highest BCUT2D eigenvalue weighted by molar-refractivity contribution is 7.94. The van der Waals surface area contributed by atoms with E-state index < -0.39 is 35.1 Å². The van der Waals surface area contributed by atoms with Gasteiger partial charge in [0.1, 0.15) is 24.6 Å². The number of furan rings is 2. The molecule has 0 spiro atoms. The zero-order valence-electron chi connectivity index (χ0n) is 16.4. The smallest absolute Gasteiger partial charge is 0.327 e. The lowest BCUT2D eigenvalue weighted by molar-refractivity contribution is -0.120. The molecule has 3 heterocycles. The van der Waals surface area contributed by atoms with Gasteiger partial charge in [0, 0.05) is 0 Å². The van der Waals surface area contributed by atoms with Gasteiger partial charge >= 0.3 is 10.2 Å². The second kappa shape index (κ2) is 8.56. The van der Waals surface area contributed by atoms with Crippen molar-refractivity contribution in [3.8, 4) is 0 Å². The zero-order chi connectivity index (χ0) is 21.8. The molecule has 1 aromatic carbocycles. The fraction of sp³-hybridized carbons (Fsp3) is 0.200. The number of carbonyl (C=O) groups excluding carboxylic acids is 2. The van der Waals surface area contributed by atoms with Crippen LogP contribution in [0.5, 0.6) is 0 Å². The van der Waals surface area contributed by atoms with E-state index in [0.717, 1.165) is 8.61 Å². The number of carbonyl (C=O) groups is 2. The number of anilines is 2. The maximum Gasteiger partial charge on any atom is 0.327 e. The quantitative estimate of drug-likeness (QED) is 0.541. The summed E-state index contributed by atoms with van der Waals surface area (Å²) in [7, 11) is -4.12. The molecule has 0 saturated heterocycles. The van der Waals surface area contributed by atoms with Crippen molar-refractivity contribution in [1.82, 2.24) is 10.6 Å². The number of para-hydroxylation sites is 2. The Morgan fingerprint density at radius 3 is 1.58 bits per heavy atom. The molecule has 0 unspecified atom stereocenters. The number of amides is 2. The summed E-state index contributed by atoms with van der Waals surface area (Å²) >= 11 is 0. The number of benzene rings is 1. The third kappa shape index (κ3) is 4.40. The molecule has 31 heavy (non-hydrogen) atoms. The molecular formula is C20H20N4O6S. The fourth-order valence-corrected chi connectivity index (χ4v) is 4.76. The Balaban J connectivity index is 1.46. The molecule has 1 aliphatic rings. The number of nitrogens with one attached hydrogen (secondary N) is 2. The lowest BCUT2D eigenvalue weighted by Gasteiger charge is -2.21. The number of hydrogen-bond donors (Lipinski definition) is 2. The predicted octanol–water partition coefficient (Wildman–Crippen LogP) is 1.38. The van der Waals surface area contributed by atoms with Gasteiger partial charge in [0.15, 0.2) is 0 Å². The molecule has 11 heteroatoms. The Kier molecular flexibility index (Phi) is 5.67. The summed E-state index contributed by atoms with van der Waals surface area (Å²) < 4.78 is 38.6. The van der Waals surface area contributed by atoms with Crippen molar-refractivity contribution in [2.24, 2.45) is 0 Å². The van der Waals surface area contributed by atoms with E-state index in [1.807, 2.05) is 0 Å². The normalized spacial score (nSPS) is 14.3. The SMILES string of the molecule is O=C(CN1c2ccccc2N(CC(=O)NCc2ccco2)S1(=O)=O)NCc1ccco1. The first kappa shape index (κ1) is 20.5. The summed E-state index contributed by atoms with van der Waals surface area (Å²) in [5.74, 6) is 0.0959. The molecule has 2 aromatic heterocycles. The second-order valence-corrected chi connectivity index (χ2v) is 8.50. The van der Waals surface area contributed by atoms with Gasteiger partial charge in [0.2, 0.25) is 11.8 Å². The van der Waals surface area contributed by atoms with Gasteiger partial charge in [-0.15, -0.1) is 0 Å². The molecule has 2 N–H and O–H groups in total. The van der Waals surface area contributed by atoms with Crippen molar-refractivity contribution in [3.05, 3.63) is 72.6 Å². The second-order valence-electron chi connectivity index (χ2n) is 6.72. The van der Waals surface area contributed by atoms with E-state index in [1.54, 1.807) is 48.5 Å². The Morgan fingerprint density at radius 2 is 1.19 bits per heavy atom. The number of fused-ring (bicyclic) bond motifs is 1. The Morgan fingerprint density at radius 1 is 0.742 bits per heavy atom. The van der Waals surface area contributed by atoms with Crippen molar-refractivity contribution in [2.45, 2.75) is 13.1 Å². The molecule has 0 radical (unpaired) electrons. The van der Waals surface area contributed by atoms with Crippen LogP contribution >= 0.6 is 0 Å². The maximum atomic E-state index is 13.1. The molecule has 3 aromatic rings. The van der Waals surface area contributed by atoms with Crippen LogP contribution in [-0.4, -0.2) is 33.3 Å². The van der Waals surface area contributed by atoms with Crippen molar-refractivity contribution < 1.29 is 26.8 Å². The van der Waals surface area contributed by atoms with Gasteiger partial charge in [0.05, 0.1) is 37.0 Å². The maximum absolute atomic E-state index is 13.1. The van der Waals surface area contributed by atoms with Gasteiger partial charge in [-0.2, -0.15) is 8.42 Å². The summed E-state index contributed by atoms with van der Waals surface area (Å²) in [5, 5.41) is 5.25. The van der Waals surface area contributed by atoms with Crippen molar-refractivity contribution in [2.75, 3.05) is 21.7 Å². The Labute approximate surface area is 178 Å². The third-order valence-electron chi connectivity index (χ3n) is 4.63. The van der Waals surface area contributed by atoms with E-state index in [4.69, 9.17) is 8.83 Å². The first-order chi connectivity index (χ1) is 14.9. The van der Waals surface area contributed by atoms with Crippen LogP contribution in [0.2, 0.25) is 0 Å². The molecular weight excluding hydrogens is 424 g/mol. The Hall–Kier alpha value is -3.73. The monoisotopic (exact) mass is 444 g/mol. The van der Waals surface area contributed by atoms with Crippen LogP contribution in [0.3, 0.4) is 0 Å². The van der Waals surface area contributed by atoms with Crippen LogP contribution in [-0.2, 0) is 32.9 Å². The molecule has 0 aliphatic carbocycles. The minimum absolute atomic E-state index is 0.139. The topological polar surface area (TPSA) is 125 Å². The van der Waals surface area contributed by atoms with E-state index in [-0.39, 0.29) is 13.1 Å². The van der Waals surface area contributed by atoms with Gasteiger partial charge in [0.25, 0.3) is 0 Å².